The van der Waals surface area contributed by atoms with E-state index in [2.05, 4.69) is 30.6 Å². The van der Waals surface area contributed by atoms with Crippen molar-refractivity contribution in [1.82, 2.24) is 10.2 Å². The van der Waals surface area contributed by atoms with Gasteiger partial charge in [-0.1, -0.05) is 26.0 Å². The van der Waals surface area contributed by atoms with Crippen molar-refractivity contribution in [2.45, 2.75) is 26.9 Å². The Kier molecular flexibility index (Phi) is 10.5. The molecular formula is C13H28N2O2. The van der Waals surface area contributed by atoms with Crippen molar-refractivity contribution >= 4 is 0 Å². The Morgan fingerprint density at radius 1 is 1.41 bits per heavy atom. The van der Waals surface area contributed by atoms with Crippen LogP contribution in [0.1, 0.15) is 20.8 Å². The average molecular weight is 244 g/mol. The Hall–Kier alpha value is -0.420. The lowest BCUT2D eigenvalue weighted by Gasteiger charge is -2.22. The van der Waals surface area contributed by atoms with Gasteiger partial charge in [-0.05, 0) is 20.0 Å². The molecule has 0 aliphatic rings. The van der Waals surface area contributed by atoms with Gasteiger partial charge >= 0.3 is 0 Å². The summed E-state index contributed by atoms with van der Waals surface area (Å²) in [5.74, 6) is 0. The fourth-order valence-electron chi connectivity index (χ4n) is 1.50. The highest BCUT2D eigenvalue weighted by atomic mass is 16.5. The summed E-state index contributed by atoms with van der Waals surface area (Å²) in [4.78, 5) is 2.21. The van der Waals surface area contributed by atoms with E-state index in [0.717, 1.165) is 31.8 Å². The minimum absolute atomic E-state index is 0.309. The molecule has 0 heterocycles. The van der Waals surface area contributed by atoms with Gasteiger partial charge in [-0.15, -0.1) is 0 Å². The van der Waals surface area contributed by atoms with Crippen molar-refractivity contribution in [3.05, 3.63) is 12.2 Å². The molecule has 0 amide bonds. The van der Waals surface area contributed by atoms with Crippen LogP contribution in [-0.4, -0.2) is 62.0 Å². The van der Waals surface area contributed by atoms with Gasteiger partial charge < -0.3 is 20.1 Å². The molecule has 0 aromatic carbocycles. The van der Waals surface area contributed by atoms with Gasteiger partial charge in [0.05, 0.1) is 19.3 Å². The van der Waals surface area contributed by atoms with Crippen molar-refractivity contribution in [3.8, 4) is 0 Å². The first-order chi connectivity index (χ1) is 8.10. The zero-order chi connectivity index (χ0) is 13.1. The second-order valence-corrected chi connectivity index (χ2v) is 4.35. The quantitative estimate of drug-likeness (QED) is 0.418. The molecule has 0 saturated carbocycles. The first kappa shape index (κ1) is 16.6. The second-order valence-electron chi connectivity index (χ2n) is 4.35. The SMILES string of the molecule is C=C(C)COCCNCC(O)CN(CC)CC. The van der Waals surface area contributed by atoms with Crippen LogP contribution in [0.3, 0.4) is 0 Å². The molecule has 0 fully saturated rings. The number of aliphatic hydroxyl groups is 1. The maximum absolute atomic E-state index is 9.77. The largest absolute Gasteiger partial charge is 0.390 e. The minimum Gasteiger partial charge on any atom is -0.390 e. The van der Waals surface area contributed by atoms with Crippen LogP contribution in [0.5, 0.6) is 0 Å². The highest BCUT2D eigenvalue weighted by molar-refractivity contribution is 4.87. The molecule has 0 bridgehead atoms. The molecule has 0 aliphatic carbocycles. The van der Waals surface area contributed by atoms with Gasteiger partial charge in [-0.25, -0.2) is 0 Å². The molecule has 1 unspecified atom stereocenters. The highest BCUT2D eigenvalue weighted by Gasteiger charge is 2.07. The summed E-state index contributed by atoms with van der Waals surface area (Å²) < 4.78 is 5.35. The van der Waals surface area contributed by atoms with E-state index in [9.17, 15) is 5.11 Å². The Bertz CT molecular complexity index is 194. The van der Waals surface area contributed by atoms with Crippen molar-refractivity contribution in [2.75, 3.05) is 45.9 Å². The van der Waals surface area contributed by atoms with Crippen LogP contribution >= 0.6 is 0 Å². The third kappa shape index (κ3) is 10.5. The minimum atomic E-state index is -0.309. The van der Waals surface area contributed by atoms with Crippen molar-refractivity contribution in [2.24, 2.45) is 0 Å². The van der Waals surface area contributed by atoms with E-state index < -0.39 is 0 Å². The molecule has 0 aromatic heterocycles. The predicted molar refractivity (Wildman–Crippen MR) is 72.3 cm³/mol. The lowest BCUT2D eigenvalue weighted by Crippen LogP contribution is -2.39. The molecule has 2 N–H and O–H groups in total. The van der Waals surface area contributed by atoms with E-state index in [1.807, 2.05) is 6.92 Å². The topological polar surface area (TPSA) is 44.7 Å². The monoisotopic (exact) mass is 244 g/mol. The van der Waals surface area contributed by atoms with E-state index >= 15 is 0 Å². The van der Waals surface area contributed by atoms with Crippen LogP contribution in [0.2, 0.25) is 0 Å². The van der Waals surface area contributed by atoms with E-state index in [-0.39, 0.29) is 6.10 Å². The van der Waals surface area contributed by atoms with Gasteiger partial charge in [0.1, 0.15) is 0 Å². The van der Waals surface area contributed by atoms with Gasteiger partial charge in [0.2, 0.25) is 0 Å². The smallest absolute Gasteiger partial charge is 0.0791 e. The summed E-state index contributed by atoms with van der Waals surface area (Å²) >= 11 is 0. The molecule has 0 radical (unpaired) electrons. The molecule has 4 heteroatoms. The van der Waals surface area contributed by atoms with Crippen LogP contribution in [0.15, 0.2) is 12.2 Å². The van der Waals surface area contributed by atoms with Gasteiger partial charge in [-0.3, -0.25) is 0 Å². The molecule has 4 nitrogen and oxygen atoms in total. The molecule has 102 valence electrons. The summed E-state index contributed by atoms with van der Waals surface area (Å²) in [6, 6.07) is 0. The first-order valence-electron chi connectivity index (χ1n) is 6.43. The van der Waals surface area contributed by atoms with Crippen molar-refractivity contribution in [1.29, 1.82) is 0 Å². The first-order valence-corrected chi connectivity index (χ1v) is 6.43. The van der Waals surface area contributed by atoms with Gasteiger partial charge in [-0.2, -0.15) is 0 Å². The number of likely N-dealkylation sites (N-methyl/N-ethyl adjacent to an activating group) is 1. The lowest BCUT2D eigenvalue weighted by atomic mass is 10.3. The third-order valence-corrected chi connectivity index (χ3v) is 2.51. The summed E-state index contributed by atoms with van der Waals surface area (Å²) in [5, 5.41) is 12.9. The fourth-order valence-corrected chi connectivity index (χ4v) is 1.50. The normalized spacial score (nSPS) is 13.0. The molecule has 0 aromatic rings. The molecule has 1 atom stereocenters. The molecule has 17 heavy (non-hydrogen) atoms. The zero-order valence-electron chi connectivity index (χ0n) is 11.5. The maximum atomic E-state index is 9.77. The standard InChI is InChI=1S/C13H28N2O2/c1-5-15(6-2)10-13(16)9-14-7-8-17-11-12(3)4/h13-14,16H,3,5-11H2,1-2,4H3. The van der Waals surface area contributed by atoms with Gasteiger partial charge in [0.25, 0.3) is 0 Å². The van der Waals surface area contributed by atoms with E-state index in [4.69, 9.17) is 4.74 Å². The second kappa shape index (κ2) is 10.7. The summed E-state index contributed by atoms with van der Waals surface area (Å²) in [5.41, 5.74) is 1.03. The molecular weight excluding hydrogens is 216 g/mol. The van der Waals surface area contributed by atoms with Crippen LogP contribution in [0.4, 0.5) is 0 Å². The highest BCUT2D eigenvalue weighted by Crippen LogP contribution is 1.91. The number of hydrogen-bond acceptors (Lipinski definition) is 4. The van der Waals surface area contributed by atoms with E-state index in [1.54, 1.807) is 0 Å². The molecule has 0 spiro atoms. The Morgan fingerprint density at radius 2 is 2.06 bits per heavy atom. The van der Waals surface area contributed by atoms with Crippen LogP contribution < -0.4 is 5.32 Å². The van der Waals surface area contributed by atoms with E-state index in [0.29, 0.717) is 19.8 Å². The number of hydrogen-bond donors (Lipinski definition) is 2. The summed E-state index contributed by atoms with van der Waals surface area (Å²) in [6.45, 7) is 15.3. The molecule has 0 saturated heterocycles. The van der Waals surface area contributed by atoms with Crippen LogP contribution in [0.25, 0.3) is 0 Å². The van der Waals surface area contributed by atoms with Crippen molar-refractivity contribution in [3.63, 3.8) is 0 Å². The lowest BCUT2D eigenvalue weighted by molar-refractivity contribution is 0.110. The Labute approximate surface area is 106 Å². The molecule has 0 aliphatic heterocycles. The Morgan fingerprint density at radius 3 is 2.59 bits per heavy atom. The zero-order valence-corrected chi connectivity index (χ0v) is 11.5. The van der Waals surface area contributed by atoms with Gasteiger partial charge in [0, 0.05) is 19.6 Å². The number of ether oxygens (including phenoxy) is 1. The van der Waals surface area contributed by atoms with Gasteiger partial charge in [0.15, 0.2) is 0 Å². The predicted octanol–water partition coefficient (Wildman–Crippen LogP) is 0.871. The van der Waals surface area contributed by atoms with Crippen LogP contribution in [0, 0.1) is 0 Å². The molecule has 0 rings (SSSR count). The summed E-state index contributed by atoms with van der Waals surface area (Å²) in [7, 11) is 0. The number of aliphatic hydroxyl groups excluding tert-OH is 1. The Balaban J connectivity index is 3.38. The van der Waals surface area contributed by atoms with E-state index in [1.165, 1.54) is 0 Å². The third-order valence-electron chi connectivity index (χ3n) is 2.51. The maximum Gasteiger partial charge on any atom is 0.0791 e. The number of nitrogens with one attached hydrogen (secondary N) is 1. The number of rotatable bonds is 11. The summed E-state index contributed by atoms with van der Waals surface area (Å²) in [6.07, 6.45) is -0.309. The van der Waals surface area contributed by atoms with Crippen molar-refractivity contribution < 1.29 is 9.84 Å². The average Bonchev–Trinajstić information content (AvgIpc) is 2.30. The fraction of sp³-hybridized carbons (Fsp3) is 0.846. The number of nitrogens with zero attached hydrogens (tertiary/aromatic N) is 1. The van der Waals surface area contributed by atoms with Crippen LogP contribution in [-0.2, 0) is 4.74 Å².